The molecule has 0 N–H and O–H groups in total. The zero-order valence-electron chi connectivity index (χ0n) is 11.2. The lowest BCUT2D eigenvalue weighted by atomic mass is 10.1. The molecule has 3 rings (SSSR count). The molecule has 0 amide bonds. The zero-order chi connectivity index (χ0) is 13.6. The molecule has 1 aromatic rings. The zero-order valence-corrected chi connectivity index (χ0v) is 11.2. The Balaban J connectivity index is 1.71. The van der Waals surface area contributed by atoms with Crippen LogP contribution in [0.15, 0.2) is 30.5 Å². The minimum atomic E-state index is -0.771. The number of hydrogen-bond donors (Lipinski definition) is 0. The molecule has 0 aromatic heterocycles. The van der Waals surface area contributed by atoms with Gasteiger partial charge in [-0.25, -0.2) is 8.78 Å². The second-order valence-corrected chi connectivity index (χ2v) is 5.58. The number of benzene rings is 1. The van der Waals surface area contributed by atoms with Crippen LogP contribution in [0.5, 0.6) is 0 Å². The summed E-state index contributed by atoms with van der Waals surface area (Å²) in [7, 11) is 2.09. The third-order valence-corrected chi connectivity index (χ3v) is 4.19. The van der Waals surface area contributed by atoms with Gasteiger partial charge in [0.05, 0.1) is 6.67 Å². The van der Waals surface area contributed by atoms with Crippen molar-refractivity contribution in [3.63, 3.8) is 0 Å². The van der Waals surface area contributed by atoms with Gasteiger partial charge in [-0.1, -0.05) is 12.1 Å². The fourth-order valence-electron chi connectivity index (χ4n) is 2.68. The summed E-state index contributed by atoms with van der Waals surface area (Å²) >= 11 is 0. The lowest BCUT2D eigenvalue weighted by Gasteiger charge is -2.34. The molecular formula is C15H18F2N2. The molecule has 0 saturated heterocycles. The lowest BCUT2D eigenvalue weighted by Crippen LogP contribution is -2.42. The monoisotopic (exact) mass is 264 g/mol. The second kappa shape index (κ2) is 4.60. The second-order valence-electron chi connectivity index (χ2n) is 5.58. The molecule has 1 fully saturated rings. The number of hydrogen-bond acceptors (Lipinski definition) is 2. The molecule has 19 heavy (non-hydrogen) atoms. The summed E-state index contributed by atoms with van der Waals surface area (Å²) < 4.78 is 26.2. The van der Waals surface area contributed by atoms with E-state index in [4.69, 9.17) is 0 Å². The maximum atomic E-state index is 13.2. The van der Waals surface area contributed by atoms with E-state index in [0.717, 1.165) is 18.7 Å². The highest BCUT2D eigenvalue weighted by atomic mass is 19.2. The molecule has 1 aliphatic carbocycles. The van der Waals surface area contributed by atoms with E-state index in [9.17, 15) is 8.78 Å². The third kappa shape index (κ3) is 2.37. The van der Waals surface area contributed by atoms with Crippen molar-refractivity contribution < 1.29 is 8.78 Å². The average molecular weight is 264 g/mol. The van der Waals surface area contributed by atoms with Crippen LogP contribution in [0.2, 0.25) is 0 Å². The molecule has 102 valence electrons. The van der Waals surface area contributed by atoms with Gasteiger partial charge in [0.2, 0.25) is 0 Å². The SMILES string of the molecule is CC1C=CN(C2CC2c2ccc(F)c(F)c2)CN1C. The first-order valence-electron chi connectivity index (χ1n) is 6.65. The van der Waals surface area contributed by atoms with Crippen molar-refractivity contribution in [3.8, 4) is 0 Å². The van der Waals surface area contributed by atoms with Crippen LogP contribution in [0.4, 0.5) is 8.78 Å². The predicted octanol–water partition coefficient (Wildman–Crippen LogP) is 2.93. The summed E-state index contributed by atoms with van der Waals surface area (Å²) in [5.41, 5.74) is 0.901. The van der Waals surface area contributed by atoms with Gasteiger partial charge in [0.1, 0.15) is 0 Å². The van der Waals surface area contributed by atoms with Gasteiger partial charge in [0, 0.05) is 18.0 Å². The van der Waals surface area contributed by atoms with E-state index in [0.29, 0.717) is 18.0 Å². The topological polar surface area (TPSA) is 6.48 Å². The van der Waals surface area contributed by atoms with Crippen molar-refractivity contribution in [2.75, 3.05) is 13.7 Å². The Hall–Kier alpha value is -1.42. The van der Waals surface area contributed by atoms with E-state index in [-0.39, 0.29) is 0 Å². The van der Waals surface area contributed by atoms with Crippen molar-refractivity contribution in [2.45, 2.75) is 31.3 Å². The average Bonchev–Trinajstić information content (AvgIpc) is 3.16. The molecule has 3 atom stereocenters. The van der Waals surface area contributed by atoms with Gasteiger partial charge in [-0.3, -0.25) is 4.90 Å². The van der Waals surface area contributed by atoms with E-state index in [2.05, 4.69) is 36.0 Å². The molecule has 4 heteroatoms. The van der Waals surface area contributed by atoms with Crippen molar-refractivity contribution in [2.24, 2.45) is 0 Å². The van der Waals surface area contributed by atoms with Crippen molar-refractivity contribution in [3.05, 3.63) is 47.7 Å². The van der Waals surface area contributed by atoms with Gasteiger partial charge >= 0.3 is 0 Å². The predicted molar refractivity (Wildman–Crippen MR) is 70.6 cm³/mol. The van der Waals surface area contributed by atoms with Gasteiger partial charge in [-0.2, -0.15) is 0 Å². The number of nitrogens with zero attached hydrogens (tertiary/aromatic N) is 2. The van der Waals surface area contributed by atoms with Gasteiger partial charge < -0.3 is 4.90 Å². The first kappa shape index (κ1) is 12.6. The molecule has 0 spiro atoms. The molecule has 2 nitrogen and oxygen atoms in total. The standard InChI is InChI=1S/C15H18F2N2/c1-10-5-6-19(9-18(10)2)15-8-12(15)11-3-4-13(16)14(17)7-11/h3-7,10,12,15H,8-9H2,1-2H3. The molecular weight excluding hydrogens is 246 g/mol. The van der Waals surface area contributed by atoms with Crippen molar-refractivity contribution in [1.29, 1.82) is 0 Å². The smallest absolute Gasteiger partial charge is 0.159 e. The van der Waals surface area contributed by atoms with E-state index >= 15 is 0 Å². The molecule has 3 unspecified atom stereocenters. The van der Waals surface area contributed by atoms with Gasteiger partial charge in [0.15, 0.2) is 11.6 Å². The highest BCUT2D eigenvalue weighted by Gasteiger charge is 2.43. The number of halogens is 2. The van der Waals surface area contributed by atoms with Crippen LogP contribution in [0.1, 0.15) is 24.8 Å². The fraction of sp³-hybridized carbons (Fsp3) is 0.467. The maximum absolute atomic E-state index is 13.2. The van der Waals surface area contributed by atoms with Crippen LogP contribution in [-0.4, -0.2) is 35.6 Å². The summed E-state index contributed by atoms with van der Waals surface area (Å²) in [6.45, 7) is 3.05. The Bertz CT molecular complexity index is 515. The van der Waals surface area contributed by atoms with E-state index in [1.165, 1.54) is 12.1 Å². The first-order valence-corrected chi connectivity index (χ1v) is 6.65. The fourth-order valence-corrected chi connectivity index (χ4v) is 2.68. The van der Waals surface area contributed by atoms with Crippen LogP contribution < -0.4 is 0 Å². The summed E-state index contributed by atoms with van der Waals surface area (Å²) in [5, 5.41) is 0. The highest BCUT2D eigenvalue weighted by molar-refractivity contribution is 5.29. The minimum absolute atomic E-state index is 0.321. The Kier molecular flexibility index (Phi) is 3.05. The van der Waals surface area contributed by atoms with Crippen LogP contribution >= 0.6 is 0 Å². The maximum Gasteiger partial charge on any atom is 0.159 e. The Labute approximate surface area is 112 Å². The van der Waals surface area contributed by atoms with Crippen LogP contribution in [0.3, 0.4) is 0 Å². The number of rotatable bonds is 2. The lowest BCUT2D eigenvalue weighted by molar-refractivity contribution is 0.155. The Morgan fingerprint density at radius 2 is 2.00 bits per heavy atom. The summed E-state index contributed by atoms with van der Waals surface area (Å²) in [5.74, 6) is -1.20. The Morgan fingerprint density at radius 1 is 1.21 bits per heavy atom. The highest BCUT2D eigenvalue weighted by Crippen LogP contribution is 2.45. The normalized spacial score (nSPS) is 30.7. The first-order chi connectivity index (χ1) is 9.06. The Morgan fingerprint density at radius 3 is 2.68 bits per heavy atom. The summed E-state index contributed by atoms with van der Waals surface area (Å²) in [4.78, 5) is 4.55. The van der Waals surface area contributed by atoms with E-state index in [1.807, 2.05) is 0 Å². The quantitative estimate of drug-likeness (QED) is 0.810. The van der Waals surface area contributed by atoms with Gasteiger partial charge in [0.25, 0.3) is 0 Å². The van der Waals surface area contributed by atoms with Gasteiger partial charge in [-0.05, 0) is 44.3 Å². The van der Waals surface area contributed by atoms with Crippen molar-refractivity contribution >= 4 is 0 Å². The van der Waals surface area contributed by atoms with E-state index < -0.39 is 11.6 Å². The van der Waals surface area contributed by atoms with Crippen LogP contribution in [0.25, 0.3) is 0 Å². The van der Waals surface area contributed by atoms with Crippen molar-refractivity contribution in [1.82, 2.24) is 9.80 Å². The molecule has 1 aliphatic heterocycles. The number of likely N-dealkylation sites (N-methyl/N-ethyl adjacent to an activating group) is 1. The van der Waals surface area contributed by atoms with Crippen LogP contribution in [0, 0.1) is 11.6 Å². The molecule has 2 aliphatic rings. The summed E-state index contributed by atoms with van der Waals surface area (Å²) in [6, 6.07) is 5.12. The largest absolute Gasteiger partial charge is 0.361 e. The van der Waals surface area contributed by atoms with Gasteiger partial charge in [-0.15, -0.1) is 0 Å². The third-order valence-electron chi connectivity index (χ3n) is 4.19. The molecule has 1 aromatic carbocycles. The molecule has 0 bridgehead atoms. The summed E-state index contributed by atoms with van der Waals surface area (Å²) in [6.07, 6.45) is 5.32. The molecule has 1 heterocycles. The van der Waals surface area contributed by atoms with Crippen LogP contribution in [-0.2, 0) is 0 Å². The molecule has 0 radical (unpaired) electrons. The minimum Gasteiger partial charge on any atom is -0.361 e. The van der Waals surface area contributed by atoms with E-state index in [1.54, 1.807) is 6.07 Å². The molecule has 1 saturated carbocycles.